The summed E-state index contributed by atoms with van der Waals surface area (Å²) in [5, 5.41) is 7.74. The van der Waals surface area contributed by atoms with Gasteiger partial charge in [-0.3, -0.25) is 29.2 Å². The minimum atomic E-state index is -2.87. The summed E-state index contributed by atoms with van der Waals surface area (Å²) >= 11 is 0. The molecule has 1 saturated heterocycles. The molecule has 2 aromatic rings. The van der Waals surface area contributed by atoms with Crippen molar-refractivity contribution in [1.82, 2.24) is 26.1 Å². The first-order valence-electron chi connectivity index (χ1n) is 15.7. The summed E-state index contributed by atoms with van der Waals surface area (Å²) in [4.78, 5) is 56.6. The number of hydrogen-bond donors (Lipinski definition) is 4. The molecule has 1 aromatic carbocycles. The van der Waals surface area contributed by atoms with E-state index in [1.54, 1.807) is 26.0 Å². The summed E-state index contributed by atoms with van der Waals surface area (Å²) in [6.07, 6.45) is 4.22. The van der Waals surface area contributed by atoms with Crippen LogP contribution in [0.2, 0.25) is 0 Å². The largest absolute Gasteiger partial charge is 0.368 e. The summed E-state index contributed by atoms with van der Waals surface area (Å²) in [5.74, 6) is -5.35. The second-order valence-electron chi connectivity index (χ2n) is 12.6. The zero-order valence-corrected chi connectivity index (χ0v) is 26.4. The first kappa shape index (κ1) is 34.0. The van der Waals surface area contributed by atoms with Crippen LogP contribution in [-0.4, -0.2) is 64.2 Å². The lowest BCUT2D eigenvalue weighted by Crippen LogP contribution is -2.61. The molecule has 2 aliphatic rings. The van der Waals surface area contributed by atoms with E-state index in [-0.39, 0.29) is 18.8 Å². The summed E-state index contributed by atoms with van der Waals surface area (Å²) in [6, 6.07) is 7.02. The minimum absolute atomic E-state index is 0.0862. The predicted molar refractivity (Wildman–Crippen MR) is 167 cm³/mol. The highest BCUT2D eigenvalue weighted by atomic mass is 19.3. The van der Waals surface area contributed by atoms with Crippen molar-refractivity contribution in [3.8, 4) is 0 Å². The third-order valence-electron chi connectivity index (χ3n) is 8.82. The molecule has 1 aromatic heterocycles. The number of benzene rings is 1. The summed E-state index contributed by atoms with van der Waals surface area (Å²) in [7, 11) is 0. The molecule has 45 heavy (non-hydrogen) atoms. The van der Waals surface area contributed by atoms with E-state index < -0.39 is 65.9 Å². The third-order valence-corrected chi connectivity index (χ3v) is 8.82. The fraction of sp³-hybridized carbons (Fsp3) is 0.545. The second kappa shape index (κ2) is 14.0. The zero-order chi connectivity index (χ0) is 32.9. The molecule has 12 heteroatoms. The molecule has 2 fully saturated rings. The molecule has 2 heterocycles. The standard InChI is InChI=1S/C33H44F2N6O4/c1-5-24-11-10-23-9-8-22(19-26(23)38-24)12-13-32(14-16-33(34,35)17-15-32)31(45)39-27(20(2)3)29(43)37-21(4)30(44)41-18-6-7-25(40-41)28(36)42/h8-13,19-21,25,27,40H,5-7,14-18H2,1-4H3,(H2,36,42)(H,37,43)(H,39,45)/b13-12+. The van der Waals surface area contributed by atoms with Crippen LogP contribution < -0.4 is 21.8 Å². The molecular formula is C33H44F2N6O4. The van der Waals surface area contributed by atoms with Crippen LogP contribution in [0.1, 0.15) is 77.5 Å². The first-order valence-corrected chi connectivity index (χ1v) is 15.7. The van der Waals surface area contributed by atoms with Gasteiger partial charge < -0.3 is 16.4 Å². The Labute approximate surface area is 262 Å². The minimum Gasteiger partial charge on any atom is -0.368 e. The van der Waals surface area contributed by atoms with Gasteiger partial charge in [0.2, 0.25) is 23.6 Å². The van der Waals surface area contributed by atoms with Gasteiger partial charge in [-0.25, -0.2) is 14.2 Å². The number of fused-ring (bicyclic) bond motifs is 1. The average molecular weight is 627 g/mol. The Bertz CT molecular complexity index is 1450. The number of nitrogens with one attached hydrogen (secondary N) is 3. The molecule has 3 unspecified atom stereocenters. The van der Waals surface area contributed by atoms with Crippen LogP contribution in [0.3, 0.4) is 0 Å². The molecule has 4 amide bonds. The number of amides is 4. The highest BCUT2D eigenvalue weighted by Crippen LogP contribution is 2.45. The SMILES string of the molecule is CCc1ccc2ccc(/C=C/C3(C(=O)NC(C(=O)NC(C)C(=O)N4CCCC(C(N)=O)N4)C(C)C)CCC(F)(F)CC3)cc2n1. The number of nitrogens with zero attached hydrogens (tertiary/aromatic N) is 2. The van der Waals surface area contributed by atoms with Crippen LogP contribution in [0.4, 0.5) is 8.78 Å². The normalized spacial score (nSPS) is 21.0. The summed E-state index contributed by atoms with van der Waals surface area (Å²) < 4.78 is 28.6. The van der Waals surface area contributed by atoms with E-state index >= 15 is 0 Å². The quantitative estimate of drug-likeness (QED) is 0.317. The highest BCUT2D eigenvalue weighted by Gasteiger charge is 2.47. The monoisotopic (exact) mass is 626 g/mol. The van der Waals surface area contributed by atoms with Gasteiger partial charge in [0.1, 0.15) is 18.1 Å². The number of rotatable bonds is 10. The lowest BCUT2D eigenvalue weighted by molar-refractivity contribution is -0.143. The van der Waals surface area contributed by atoms with Gasteiger partial charge in [0.05, 0.1) is 10.9 Å². The number of nitrogens with two attached hydrogens (primary N) is 1. The van der Waals surface area contributed by atoms with Crippen molar-refractivity contribution in [2.45, 2.75) is 96.7 Å². The Balaban J connectivity index is 1.51. The van der Waals surface area contributed by atoms with Gasteiger partial charge in [-0.15, -0.1) is 0 Å². The van der Waals surface area contributed by atoms with Crippen LogP contribution in [-0.2, 0) is 25.6 Å². The van der Waals surface area contributed by atoms with Gasteiger partial charge in [-0.05, 0) is 62.6 Å². The van der Waals surface area contributed by atoms with Crippen molar-refractivity contribution in [2.24, 2.45) is 17.1 Å². The number of alkyl halides is 2. The smallest absolute Gasteiger partial charge is 0.258 e. The predicted octanol–water partition coefficient (Wildman–Crippen LogP) is 3.63. The van der Waals surface area contributed by atoms with Crippen molar-refractivity contribution in [1.29, 1.82) is 0 Å². The number of pyridine rings is 1. The van der Waals surface area contributed by atoms with E-state index in [4.69, 9.17) is 5.73 Å². The number of halogens is 2. The van der Waals surface area contributed by atoms with Gasteiger partial charge >= 0.3 is 0 Å². The maximum absolute atomic E-state index is 14.3. The Kier molecular flexibility index (Phi) is 10.6. The Morgan fingerprint density at radius 1 is 1.09 bits per heavy atom. The van der Waals surface area contributed by atoms with Crippen LogP contribution in [0.25, 0.3) is 17.0 Å². The molecule has 0 radical (unpaired) electrons. The van der Waals surface area contributed by atoms with Crippen LogP contribution in [0.15, 0.2) is 36.4 Å². The maximum Gasteiger partial charge on any atom is 0.258 e. The molecule has 0 bridgehead atoms. The molecule has 3 atom stereocenters. The lowest BCUT2D eigenvalue weighted by Gasteiger charge is -2.38. The summed E-state index contributed by atoms with van der Waals surface area (Å²) in [5.41, 5.74) is 9.46. The summed E-state index contributed by atoms with van der Waals surface area (Å²) in [6.45, 7) is 7.40. The van der Waals surface area contributed by atoms with Gasteiger partial charge in [-0.2, -0.15) is 0 Å². The van der Waals surface area contributed by atoms with Crippen molar-refractivity contribution < 1.29 is 28.0 Å². The molecule has 1 saturated carbocycles. The van der Waals surface area contributed by atoms with E-state index in [2.05, 4.69) is 21.0 Å². The fourth-order valence-corrected chi connectivity index (χ4v) is 5.83. The Hall–Kier alpha value is -3.93. The van der Waals surface area contributed by atoms with Gasteiger partial charge in [-0.1, -0.05) is 51.1 Å². The van der Waals surface area contributed by atoms with Crippen LogP contribution >= 0.6 is 0 Å². The molecule has 1 aliphatic carbocycles. The number of carbonyl (C=O) groups excluding carboxylic acids is 4. The van der Waals surface area contributed by atoms with Crippen molar-refractivity contribution in [3.05, 3.63) is 47.7 Å². The topological polar surface area (TPSA) is 147 Å². The number of aryl methyl sites for hydroxylation is 1. The average Bonchev–Trinajstić information content (AvgIpc) is 3.02. The highest BCUT2D eigenvalue weighted by molar-refractivity contribution is 5.94. The maximum atomic E-state index is 14.3. The number of hydrogen-bond acceptors (Lipinski definition) is 6. The molecule has 5 N–H and O–H groups in total. The van der Waals surface area contributed by atoms with E-state index in [0.717, 1.165) is 28.6 Å². The number of carbonyl (C=O) groups is 4. The molecule has 244 valence electrons. The fourth-order valence-electron chi connectivity index (χ4n) is 5.83. The van der Waals surface area contributed by atoms with E-state index in [9.17, 15) is 28.0 Å². The van der Waals surface area contributed by atoms with Crippen molar-refractivity contribution in [3.63, 3.8) is 0 Å². The van der Waals surface area contributed by atoms with Gasteiger partial charge in [0.25, 0.3) is 5.91 Å². The number of hydrazine groups is 1. The van der Waals surface area contributed by atoms with E-state index in [1.165, 1.54) is 11.9 Å². The Morgan fingerprint density at radius 3 is 2.42 bits per heavy atom. The van der Waals surface area contributed by atoms with Crippen LogP contribution in [0.5, 0.6) is 0 Å². The molecular weight excluding hydrogens is 582 g/mol. The third kappa shape index (κ3) is 8.22. The number of primary amides is 1. The lowest BCUT2D eigenvalue weighted by atomic mass is 9.71. The van der Waals surface area contributed by atoms with E-state index in [1.807, 2.05) is 37.3 Å². The molecule has 4 rings (SSSR count). The van der Waals surface area contributed by atoms with E-state index in [0.29, 0.717) is 19.4 Å². The Morgan fingerprint density at radius 2 is 1.78 bits per heavy atom. The molecule has 0 spiro atoms. The molecule has 1 aliphatic heterocycles. The van der Waals surface area contributed by atoms with Gasteiger partial charge in [0.15, 0.2) is 0 Å². The number of aromatic nitrogens is 1. The first-order chi connectivity index (χ1) is 21.2. The van der Waals surface area contributed by atoms with Crippen molar-refractivity contribution in [2.75, 3.05) is 6.54 Å². The van der Waals surface area contributed by atoms with Crippen molar-refractivity contribution >= 4 is 40.6 Å². The van der Waals surface area contributed by atoms with Gasteiger partial charge in [0, 0.05) is 30.5 Å². The second-order valence-corrected chi connectivity index (χ2v) is 12.6. The molecule has 10 nitrogen and oxygen atoms in total. The zero-order valence-electron chi connectivity index (χ0n) is 26.4. The van der Waals surface area contributed by atoms with Crippen LogP contribution in [0, 0.1) is 11.3 Å².